The molecule has 0 N–H and O–H groups in total. The molecular formula is C26H23BrO2Si. The van der Waals surface area contributed by atoms with Gasteiger partial charge in [-0.15, -0.1) is 0 Å². The normalized spacial score (nSPS) is 16.7. The van der Waals surface area contributed by atoms with Crippen molar-refractivity contribution in [3.8, 4) is 22.6 Å². The van der Waals surface area contributed by atoms with Gasteiger partial charge in [-0.25, -0.2) is 0 Å². The Morgan fingerprint density at radius 3 is 2.20 bits per heavy atom. The second kappa shape index (κ2) is 6.35. The second-order valence-corrected chi connectivity index (χ2v) is 14.4. The number of hydrogen-bond acceptors (Lipinski definition) is 2. The van der Waals surface area contributed by atoms with Gasteiger partial charge in [0.1, 0.15) is 0 Å². The van der Waals surface area contributed by atoms with Crippen molar-refractivity contribution >= 4 is 29.2 Å². The van der Waals surface area contributed by atoms with Gasteiger partial charge in [-0.1, -0.05) is 72.4 Å². The Labute approximate surface area is 186 Å². The maximum absolute atomic E-state index is 5.78. The quantitative estimate of drug-likeness (QED) is 0.368. The number of fused-ring (bicyclic) bond motifs is 5. The topological polar surface area (TPSA) is 18.5 Å². The van der Waals surface area contributed by atoms with Crippen molar-refractivity contribution in [3.05, 3.63) is 86.9 Å². The fourth-order valence-electron chi connectivity index (χ4n) is 5.99. The summed E-state index contributed by atoms with van der Waals surface area (Å²) in [7, 11) is -1.95. The maximum atomic E-state index is 5.78. The van der Waals surface area contributed by atoms with Gasteiger partial charge in [-0.05, 0) is 68.7 Å². The molecule has 3 aliphatic rings. The highest BCUT2D eigenvalue weighted by Crippen LogP contribution is 2.56. The van der Waals surface area contributed by atoms with Crippen molar-refractivity contribution in [2.45, 2.75) is 32.0 Å². The molecule has 2 aliphatic carbocycles. The molecule has 0 unspecified atom stereocenters. The van der Waals surface area contributed by atoms with Crippen LogP contribution < -0.4 is 9.47 Å². The molecule has 0 aromatic heterocycles. The van der Waals surface area contributed by atoms with E-state index < -0.39 is 8.07 Å². The minimum Gasteiger partial charge on any atom is -0.454 e. The molecule has 0 saturated heterocycles. The summed E-state index contributed by atoms with van der Waals surface area (Å²) >= 11 is 3.82. The number of hydrogen-bond donors (Lipinski definition) is 0. The van der Waals surface area contributed by atoms with Crippen molar-refractivity contribution < 1.29 is 9.47 Å². The van der Waals surface area contributed by atoms with E-state index in [0.29, 0.717) is 12.3 Å². The summed E-state index contributed by atoms with van der Waals surface area (Å²) in [5, 5.41) is 1.58. The average Bonchev–Trinajstić information content (AvgIpc) is 3.42. The van der Waals surface area contributed by atoms with Crippen LogP contribution >= 0.6 is 15.9 Å². The molecule has 0 radical (unpaired) electrons. The molecule has 0 bridgehead atoms. The summed E-state index contributed by atoms with van der Waals surface area (Å²) in [4.78, 5) is 0. The summed E-state index contributed by atoms with van der Waals surface area (Å²) in [5.74, 6) is 1.73. The molecule has 1 aliphatic heterocycles. The predicted molar refractivity (Wildman–Crippen MR) is 128 cm³/mol. The minimum atomic E-state index is -1.95. The third-order valence-corrected chi connectivity index (χ3v) is 11.9. The Bertz CT molecular complexity index is 1210. The number of allylic oxidation sites excluding steroid dienone is 1. The second-order valence-electron chi connectivity index (χ2n) is 9.11. The molecule has 30 heavy (non-hydrogen) atoms. The average molecular weight is 475 g/mol. The van der Waals surface area contributed by atoms with Crippen molar-refractivity contribution in [3.63, 3.8) is 0 Å². The Morgan fingerprint density at radius 2 is 1.53 bits per heavy atom. The Balaban J connectivity index is 1.56. The van der Waals surface area contributed by atoms with Crippen LogP contribution in [-0.2, 0) is 6.42 Å². The Morgan fingerprint density at radius 1 is 0.900 bits per heavy atom. The molecule has 3 aromatic rings. The third kappa shape index (κ3) is 2.35. The van der Waals surface area contributed by atoms with E-state index in [9.17, 15) is 0 Å². The number of halogens is 1. The summed E-state index contributed by atoms with van der Waals surface area (Å²) in [6, 6.07) is 20.2. The van der Waals surface area contributed by atoms with Gasteiger partial charge in [-0.2, -0.15) is 0 Å². The van der Waals surface area contributed by atoms with Gasteiger partial charge >= 0.3 is 0 Å². The van der Waals surface area contributed by atoms with E-state index in [1.807, 2.05) is 0 Å². The summed E-state index contributed by atoms with van der Waals surface area (Å²) in [6.07, 6.45) is 0.980. The van der Waals surface area contributed by atoms with E-state index in [-0.39, 0.29) is 0 Å². The van der Waals surface area contributed by atoms with E-state index >= 15 is 0 Å². The SMILES string of the molecule is CC1=C([Si](C)(C)C2c3ccccc3-c3ccccc32)c2cc3c(c(Br)c2C1)OCO3. The lowest BCUT2D eigenvalue weighted by molar-refractivity contribution is 0.173. The van der Waals surface area contributed by atoms with Crippen LogP contribution in [0.1, 0.15) is 34.7 Å². The highest BCUT2D eigenvalue weighted by atomic mass is 79.9. The van der Waals surface area contributed by atoms with Crippen LogP contribution in [0.5, 0.6) is 11.5 Å². The third-order valence-electron chi connectivity index (χ3n) is 7.04. The number of benzene rings is 3. The molecule has 4 heteroatoms. The van der Waals surface area contributed by atoms with Gasteiger partial charge in [0.15, 0.2) is 11.5 Å². The first kappa shape index (κ1) is 18.5. The lowest BCUT2D eigenvalue weighted by Crippen LogP contribution is -2.37. The maximum Gasteiger partial charge on any atom is 0.231 e. The fourth-order valence-corrected chi connectivity index (χ4v) is 11.1. The van der Waals surface area contributed by atoms with Gasteiger partial charge in [0.25, 0.3) is 0 Å². The van der Waals surface area contributed by atoms with Crippen molar-refractivity contribution in [2.24, 2.45) is 0 Å². The molecule has 0 fully saturated rings. The standard InChI is InChI=1S/C26H23BrO2Si/c1-15-12-20-21(13-22-24(23(20)27)29-14-28-22)25(15)30(2,3)26-18-10-6-4-8-16(18)17-9-5-7-11-19(17)26/h4-11,13,26H,12,14H2,1-3H3. The van der Waals surface area contributed by atoms with Gasteiger partial charge in [0, 0.05) is 5.54 Å². The van der Waals surface area contributed by atoms with Crippen LogP contribution in [0.15, 0.2) is 64.6 Å². The van der Waals surface area contributed by atoms with Gasteiger partial charge in [0.05, 0.1) is 12.5 Å². The molecule has 0 atom stereocenters. The van der Waals surface area contributed by atoms with Crippen LogP contribution in [0, 0.1) is 0 Å². The Kier molecular flexibility index (Phi) is 3.91. The zero-order valence-electron chi connectivity index (χ0n) is 17.4. The predicted octanol–water partition coefficient (Wildman–Crippen LogP) is 7.11. The number of rotatable bonds is 2. The molecule has 2 nitrogen and oxygen atoms in total. The molecule has 0 amide bonds. The number of ether oxygens (including phenoxy) is 2. The largest absolute Gasteiger partial charge is 0.454 e. The van der Waals surface area contributed by atoms with E-state index in [1.54, 1.807) is 5.20 Å². The first-order valence-corrected chi connectivity index (χ1v) is 14.4. The van der Waals surface area contributed by atoms with Crippen LogP contribution in [-0.4, -0.2) is 14.9 Å². The molecule has 0 spiro atoms. The molecule has 1 heterocycles. The molecule has 3 aromatic carbocycles. The van der Waals surface area contributed by atoms with Gasteiger partial charge in [0.2, 0.25) is 6.79 Å². The van der Waals surface area contributed by atoms with Crippen molar-refractivity contribution in [2.75, 3.05) is 6.79 Å². The van der Waals surface area contributed by atoms with Crippen LogP contribution in [0.3, 0.4) is 0 Å². The first-order valence-electron chi connectivity index (χ1n) is 10.5. The van der Waals surface area contributed by atoms with E-state index in [1.165, 1.54) is 39.0 Å². The monoisotopic (exact) mass is 474 g/mol. The molecule has 6 rings (SSSR count). The summed E-state index contributed by atoms with van der Waals surface area (Å²) in [6.45, 7) is 7.71. The minimum absolute atomic E-state index is 0.305. The van der Waals surface area contributed by atoms with E-state index in [4.69, 9.17) is 9.47 Å². The zero-order chi connectivity index (χ0) is 20.6. The highest BCUT2D eigenvalue weighted by Gasteiger charge is 2.46. The highest BCUT2D eigenvalue weighted by molar-refractivity contribution is 9.10. The van der Waals surface area contributed by atoms with Gasteiger partial charge < -0.3 is 9.47 Å². The lowest BCUT2D eigenvalue weighted by atomic mass is 10.1. The molecular weight excluding hydrogens is 452 g/mol. The van der Waals surface area contributed by atoms with Crippen molar-refractivity contribution in [1.29, 1.82) is 0 Å². The molecule has 0 saturated carbocycles. The van der Waals surface area contributed by atoms with Gasteiger partial charge in [-0.3, -0.25) is 0 Å². The van der Waals surface area contributed by atoms with Crippen LogP contribution in [0.2, 0.25) is 13.1 Å². The smallest absolute Gasteiger partial charge is 0.231 e. The summed E-state index contributed by atoms with van der Waals surface area (Å²) in [5.41, 5.74) is 10.4. The zero-order valence-corrected chi connectivity index (χ0v) is 20.0. The van der Waals surface area contributed by atoms with Crippen LogP contribution in [0.4, 0.5) is 0 Å². The fraction of sp³-hybridized carbons (Fsp3) is 0.231. The van der Waals surface area contributed by atoms with E-state index in [2.05, 4.69) is 90.5 Å². The first-order chi connectivity index (χ1) is 14.5. The van der Waals surface area contributed by atoms with E-state index in [0.717, 1.165) is 22.4 Å². The summed E-state index contributed by atoms with van der Waals surface area (Å²) < 4.78 is 12.6. The van der Waals surface area contributed by atoms with Crippen molar-refractivity contribution in [1.82, 2.24) is 0 Å². The Hall–Kier alpha value is -2.30. The lowest BCUT2D eigenvalue weighted by Gasteiger charge is -2.34. The molecule has 150 valence electrons. The van der Waals surface area contributed by atoms with Crippen LogP contribution in [0.25, 0.3) is 16.3 Å².